The molecule has 1 heterocycles. The van der Waals surface area contributed by atoms with Crippen molar-refractivity contribution < 1.29 is 0 Å². The van der Waals surface area contributed by atoms with Crippen LogP contribution >= 0.6 is 39.3 Å². The quantitative estimate of drug-likeness (QED) is 0.427. The van der Waals surface area contributed by atoms with Gasteiger partial charge < -0.3 is 0 Å². The van der Waals surface area contributed by atoms with Gasteiger partial charge in [0.05, 0.1) is 27.4 Å². The molecule has 0 fully saturated rings. The molecular formula is C14H18BrClN4S. The molecule has 114 valence electrons. The first kappa shape index (κ1) is 16.8. The Balaban J connectivity index is 2.13. The number of nitrogens with two attached hydrogens (primary N) is 1. The molecule has 7 heteroatoms. The van der Waals surface area contributed by atoms with Gasteiger partial charge in [-0.3, -0.25) is 16.0 Å². The Morgan fingerprint density at radius 1 is 1.48 bits per heavy atom. The Kier molecular flexibility index (Phi) is 6.57. The number of hydrogen-bond acceptors (Lipinski definition) is 4. The monoisotopic (exact) mass is 388 g/mol. The van der Waals surface area contributed by atoms with E-state index in [1.165, 1.54) is 0 Å². The number of aromatic nitrogens is 2. The summed E-state index contributed by atoms with van der Waals surface area (Å²) in [6, 6.07) is 7.81. The summed E-state index contributed by atoms with van der Waals surface area (Å²) in [5, 5.41) is 5.15. The van der Waals surface area contributed by atoms with Crippen LogP contribution in [0.3, 0.4) is 0 Å². The summed E-state index contributed by atoms with van der Waals surface area (Å²) in [5.74, 6) is 6.51. The Morgan fingerprint density at radius 3 is 2.90 bits per heavy atom. The lowest BCUT2D eigenvalue weighted by Crippen LogP contribution is -2.32. The van der Waals surface area contributed by atoms with Gasteiger partial charge in [0.15, 0.2) is 0 Å². The fraction of sp³-hybridized carbons (Fsp3) is 0.357. The number of rotatable bonds is 7. The van der Waals surface area contributed by atoms with Gasteiger partial charge in [0, 0.05) is 17.2 Å². The van der Waals surface area contributed by atoms with Crippen LogP contribution in [0.25, 0.3) is 0 Å². The smallest absolute Gasteiger partial charge is 0.0734 e. The van der Waals surface area contributed by atoms with Crippen LogP contribution in [0.4, 0.5) is 0 Å². The molecule has 1 aromatic heterocycles. The molecule has 0 aliphatic heterocycles. The van der Waals surface area contributed by atoms with E-state index in [0.717, 1.165) is 38.8 Å². The van der Waals surface area contributed by atoms with Gasteiger partial charge in [-0.25, -0.2) is 0 Å². The van der Waals surface area contributed by atoms with Gasteiger partial charge in [-0.2, -0.15) is 5.10 Å². The van der Waals surface area contributed by atoms with Crippen molar-refractivity contribution in [2.24, 2.45) is 5.84 Å². The highest BCUT2D eigenvalue weighted by Gasteiger charge is 2.19. The normalized spacial score (nSPS) is 12.6. The predicted octanol–water partition coefficient (Wildman–Crippen LogP) is 4.01. The molecule has 0 radical (unpaired) electrons. The number of thioether (sulfide) groups is 1. The van der Waals surface area contributed by atoms with Crippen LogP contribution < -0.4 is 11.3 Å². The van der Waals surface area contributed by atoms with Gasteiger partial charge >= 0.3 is 0 Å². The van der Waals surface area contributed by atoms with Crippen molar-refractivity contribution in [2.45, 2.75) is 30.8 Å². The largest absolute Gasteiger partial charge is 0.271 e. The van der Waals surface area contributed by atoms with Crippen molar-refractivity contribution in [2.75, 3.05) is 5.75 Å². The molecule has 1 unspecified atom stereocenters. The zero-order valence-electron chi connectivity index (χ0n) is 11.7. The Hall–Kier alpha value is -0.530. The summed E-state index contributed by atoms with van der Waals surface area (Å²) in [6.07, 6.45) is 2.84. The second-order valence-electron chi connectivity index (χ2n) is 4.56. The van der Waals surface area contributed by atoms with Crippen molar-refractivity contribution in [3.63, 3.8) is 0 Å². The van der Waals surface area contributed by atoms with E-state index in [1.807, 2.05) is 35.1 Å². The van der Waals surface area contributed by atoms with Gasteiger partial charge in [0.25, 0.3) is 0 Å². The van der Waals surface area contributed by atoms with Gasteiger partial charge in [-0.05, 0) is 34.5 Å². The van der Waals surface area contributed by atoms with E-state index >= 15 is 0 Å². The minimum atomic E-state index is -0.00491. The summed E-state index contributed by atoms with van der Waals surface area (Å²) >= 11 is 11.4. The maximum atomic E-state index is 6.19. The lowest BCUT2D eigenvalue weighted by molar-refractivity contribution is 0.507. The third-order valence-corrected chi connectivity index (χ3v) is 5.26. The fourth-order valence-electron chi connectivity index (χ4n) is 2.05. The standard InChI is InChI=1S/C14H18BrClN4S/c1-2-7-20-14(10(15)8-18-20)12(19-17)9-21-13-6-4-3-5-11(13)16/h3-6,8,12,19H,2,7,9,17H2,1H3. The molecular weight excluding hydrogens is 372 g/mol. The topological polar surface area (TPSA) is 55.9 Å². The number of aryl methyl sites for hydroxylation is 1. The van der Waals surface area contributed by atoms with E-state index in [-0.39, 0.29) is 6.04 Å². The lowest BCUT2D eigenvalue weighted by atomic mass is 10.2. The summed E-state index contributed by atoms with van der Waals surface area (Å²) in [4.78, 5) is 1.05. The maximum absolute atomic E-state index is 6.19. The summed E-state index contributed by atoms with van der Waals surface area (Å²) in [6.45, 7) is 3.00. The molecule has 0 amide bonds. The average Bonchev–Trinajstić information content (AvgIpc) is 2.84. The highest BCUT2D eigenvalue weighted by Crippen LogP contribution is 2.32. The Bertz CT molecular complexity index is 590. The van der Waals surface area contributed by atoms with Crippen molar-refractivity contribution in [1.82, 2.24) is 15.2 Å². The van der Waals surface area contributed by atoms with E-state index in [0.29, 0.717) is 0 Å². The summed E-state index contributed by atoms with van der Waals surface area (Å²) in [5.41, 5.74) is 3.95. The van der Waals surface area contributed by atoms with Crippen LogP contribution in [0.15, 0.2) is 39.8 Å². The highest BCUT2D eigenvalue weighted by molar-refractivity contribution is 9.10. The molecule has 1 atom stereocenters. The number of hydrogen-bond donors (Lipinski definition) is 2. The van der Waals surface area contributed by atoms with Crippen molar-refractivity contribution >= 4 is 39.3 Å². The molecule has 0 spiro atoms. The summed E-state index contributed by atoms with van der Waals surface area (Å²) < 4.78 is 2.96. The Morgan fingerprint density at radius 2 is 2.24 bits per heavy atom. The van der Waals surface area contributed by atoms with Crippen LogP contribution in [-0.4, -0.2) is 15.5 Å². The molecule has 0 aliphatic rings. The van der Waals surface area contributed by atoms with Crippen molar-refractivity contribution in [3.8, 4) is 0 Å². The first-order valence-corrected chi connectivity index (χ1v) is 8.87. The fourth-order valence-corrected chi connectivity index (χ4v) is 3.90. The van der Waals surface area contributed by atoms with Crippen LogP contribution in [0, 0.1) is 0 Å². The number of nitrogens with zero attached hydrogens (tertiary/aromatic N) is 2. The van der Waals surface area contributed by atoms with E-state index in [4.69, 9.17) is 17.4 Å². The molecule has 21 heavy (non-hydrogen) atoms. The molecule has 0 saturated heterocycles. The van der Waals surface area contributed by atoms with Gasteiger partial charge in [0.1, 0.15) is 0 Å². The number of hydrazine groups is 1. The average molecular weight is 390 g/mol. The second-order valence-corrected chi connectivity index (χ2v) is 6.88. The molecule has 0 aliphatic carbocycles. The van der Waals surface area contributed by atoms with Crippen LogP contribution in [0.1, 0.15) is 25.1 Å². The van der Waals surface area contributed by atoms with Crippen molar-refractivity contribution in [3.05, 3.63) is 45.7 Å². The minimum Gasteiger partial charge on any atom is -0.271 e. The van der Waals surface area contributed by atoms with Gasteiger partial charge in [0.2, 0.25) is 0 Å². The molecule has 4 nitrogen and oxygen atoms in total. The molecule has 0 bridgehead atoms. The highest BCUT2D eigenvalue weighted by atomic mass is 79.9. The van der Waals surface area contributed by atoms with Crippen LogP contribution in [-0.2, 0) is 6.54 Å². The van der Waals surface area contributed by atoms with Crippen molar-refractivity contribution in [1.29, 1.82) is 0 Å². The van der Waals surface area contributed by atoms with Gasteiger partial charge in [-0.15, -0.1) is 11.8 Å². The van der Waals surface area contributed by atoms with Crippen LogP contribution in [0.5, 0.6) is 0 Å². The van der Waals surface area contributed by atoms with E-state index in [2.05, 4.69) is 33.4 Å². The van der Waals surface area contributed by atoms with E-state index in [1.54, 1.807) is 11.8 Å². The number of nitrogens with one attached hydrogen (secondary N) is 1. The Labute approximate surface area is 142 Å². The van der Waals surface area contributed by atoms with E-state index < -0.39 is 0 Å². The lowest BCUT2D eigenvalue weighted by Gasteiger charge is -2.18. The number of halogens is 2. The SMILES string of the molecule is CCCn1ncc(Br)c1C(CSc1ccccc1Cl)NN. The number of benzene rings is 1. The molecule has 0 saturated carbocycles. The zero-order valence-corrected chi connectivity index (χ0v) is 14.9. The maximum Gasteiger partial charge on any atom is 0.0734 e. The minimum absolute atomic E-state index is 0.00491. The zero-order chi connectivity index (χ0) is 15.2. The van der Waals surface area contributed by atoms with Crippen LogP contribution in [0.2, 0.25) is 5.02 Å². The third kappa shape index (κ3) is 4.23. The predicted molar refractivity (Wildman–Crippen MR) is 92.5 cm³/mol. The molecule has 2 aromatic rings. The molecule has 1 aromatic carbocycles. The molecule has 2 rings (SSSR count). The molecule has 3 N–H and O–H groups in total. The first-order chi connectivity index (χ1) is 10.2. The third-order valence-electron chi connectivity index (χ3n) is 3.04. The second kappa shape index (κ2) is 8.19. The van der Waals surface area contributed by atoms with E-state index in [9.17, 15) is 0 Å². The first-order valence-electron chi connectivity index (χ1n) is 6.72. The van der Waals surface area contributed by atoms with Gasteiger partial charge in [-0.1, -0.05) is 30.7 Å². The summed E-state index contributed by atoms with van der Waals surface area (Å²) in [7, 11) is 0.